The van der Waals surface area contributed by atoms with Gasteiger partial charge in [0.2, 0.25) is 0 Å². The molecule has 6 heteroatoms. The molecular formula is C22H25N5O. The standard InChI is InChI=1S/C22H25N5O/c1-16-3-5-18(6-4-16)12-25-22(28)26-14-20(15-26)21-24-11-17(2)27(21)13-19-7-9-23-10-8-19/h3-11,20H,12-15H2,1-2H3,(H,25,28). The van der Waals surface area contributed by atoms with E-state index in [-0.39, 0.29) is 11.9 Å². The summed E-state index contributed by atoms with van der Waals surface area (Å²) in [5.74, 6) is 1.33. The molecule has 0 spiro atoms. The molecule has 0 saturated carbocycles. The molecule has 3 heterocycles. The van der Waals surface area contributed by atoms with E-state index in [0.29, 0.717) is 19.6 Å². The Labute approximate surface area is 165 Å². The number of nitrogens with one attached hydrogen (secondary N) is 1. The highest BCUT2D eigenvalue weighted by atomic mass is 16.2. The van der Waals surface area contributed by atoms with Crippen molar-refractivity contribution in [3.63, 3.8) is 0 Å². The first-order valence-electron chi connectivity index (χ1n) is 9.59. The zero-order chi connectivity index (χ0) is 19.5. The third-order valence-electron chi connectivity index (χ3n) is 5.27. The number of likely N-dealkylation sites (tertiary alicyclic amines) is 1. The van der Waals surface area contributed by atoms with Gasteiger partial charge < -0.3 is 14.8 Å². The zero-order valence-electron chi connectivity index (χ0n) is 16.3. The molecule has 28 heavy (non-hydrogen) atoms. The minimum Gasteiger partial charge on any atom is -0.334 e. The van der Waals surface area contributed by atoms with Crippen molar-refractivity contribution in [1.29, 1.82) is 0 Å². The number of urea groups is 1. The second-order valence-corrected chi connectivity index (χ2v) is 7.45. The Morgan fingerprint density at radius 1 is 1.07 bits per heavy atom. The number of pyridine rings is 1. The Hall–Kier alpha value is -3.15. The number of aromatic nitrogens is 3. The molecule has 1 aromatic carbocycles. The van der Waals surface area contributed by atoms with Crippen LogP contribution < -0.4 is 5.32 Å². The maximum Gasteiger partial charge on any atom is 0.317 e. The average molecular weight is 375 g/mol. The van der Waals surface area contributed by atoms with Crippen molar-refractivity contribution in [2.24, 2.45) is 0 Å². The maximum absolute atomic E-state index is 12.4. The molecule has 2 amide bonds. The van der Waals surface area contributed by atoms with Crippen molar-refractivity contribution in [2.75, 3.05) is 13.1 Å². The van der Waals surface area contributed by atoms with E-state index in [4.69, 9.17) is 0 Å². The van der Waals surface area contributed by atoms with Gasteiger partial charge in [-0.25, -0.2) is 9.78 Å². The number of amides is 2. The lowest BCUT2D eigenvalue weighted by molar-refractivity contribution is 0.147. The highest BCUT2D eigenvalue weighted by Gasteiger charge is 2.34. The number of hydrogen-bond donors (Lipinski definition) is 1. The van der Waals surface area contributed by atoms with Crippen molar-refractivity contribution in [1.82, 2.24) is 24.8 Å². The first kappa shape index (κ1) is 18.2. The van der Waals surface area contributed by atoms with Gasteiger partial charge in [-0.1, -0.05) is 29.8 Å². The molecule has 0 unspecified atom stereocenters. The van der Waals surface area contributed by atoms with E-state index in [2.05, 4.69) is 45.8 Å². The Morgan fingerprint density at radius 3 is 2.50 bits per heavy atom. The highest BCUT2D eigenvalue weighted by Crippen LogP contribution is 2.27. The third-order valence-corrected chi connectivity index (χ3v) is 5.27. The molecule has 6 nitrogen and oxygen atoms in total. The lowest BCUT2D eigenvalue weighted by atomic mass is 9.99. The minimum atomic E-state index is -0.0132. The van der Waals surface area contributed by atoms with E-state index < -0.39 is 0 Å². The van der Waals surface area contributed by atoms with Crippen molar-refractivity contribution >= 4 is 6.03 Å². The normalized spacial score (nSPS) is 14.0. The highest BCUT2D eigenvalue weighted by molar-refractivity contribution is 5.75. The molecule has 0 aliphatic carbocycles. The molecular weight excluding hydrogens is 350 g/mol. The molecule has 0 radical (unpaired) electrons. The molecule has 1 fully saturated rings. The maximum atomic E-state index is 12.4. The van der Waals surface area contributed by atoms with E-state index in [0.717, 1.165) is 23.6 Å². The van der Waals surface area contributed by atoms with E-state index in [9.17, 15) is 4.79 Å². The molecule has 3 aromatic rings. The van der Waals surface area contributed by atoms with Gasteiger partial charge >= 0.3 is 6.03 Å². The summed E-state index contributed by atoms with van der Waals surface area (Å²) in [7, 11) is 0. The van der Waals surface area contributed by atoms with E-state index in [1.807, 2.05) is 47.8 Å². The summed E-state index contributed by atoms with van der Waals surface area (Å²) in [5.41, 5.74) is 4.66. The molecule has 1 N–H and O–H groups in total. The average Bonchev–Trinajstić information content (AvgIpc) is 3.01. The fourth-order valence-corrected chi connectivity index (χ4v) is 3.49. The monoisotopic (exact) mass is 375 g/mol. The van der Waals surface area contributed by atoms with Gasteiger partial charge in [0, 0.05) is 50.5 Å². The van der Waals surface area contributed by atoms with Gasteiger partial charge in [-0.3, -0.25) is 4.98 Å². The molecule has 1 aliphatic rings. The number of benzene rings is 1. The number of carbonyl (C=O) groups excluding carboxylic acids is 1. The van der Waals surface area contributed by atoms with E-state index >= 15 is 0 Å². The van der Waals surface area contributed by atoms with Crippen LogP contribution in [-0.2, 0) is 13.1 Å². The number of rotatable bonds is 5. The summed E-state index contributed by atoms with van der Waals surface area (Å²) in [6, 6.07) is 12.3. The quantitative estimate of drug-likeness (QED) is 0.745. The zero-order valence-corrected chi connectivity index (χ0v) is 16.3. The number of imidazole rings is 1. The lowest BCUT2D eigenvalue weighted by Gasteiger charge is -2.39. The Kier molecular flexibility index (Phi) is 5.10. The van der Waals surface area contributed by atoms with Crippen LogP contribution >= 0.6 is 0 Å². The predicted octanol–water partition coefficient (Wildman–Crippen LogP) is 3.25. The van der Waals surface area contributed by atoms with Crippen molar-refractivity contribution in [2.45, 2.75) is 32.9 Å². The summed E-state index contributed by atoms with van der Waals surface area (Å²) in [6.45, 7) is 6.86. The fourth-order valence-electron chi connectivity index (χ4n) is 3.49. The summed E-state index contributed by atoms with van der Waals surface area (Å²) < 4.78 is 2.24. The van der Waals surface area contributed by atoms with Crippen LogP contribution in [0.25, 0.3) is 0 Å². The van der Waals surface area contributed by atoms with Gasteiger partial charge in [-0.05, 0) is 37.1 Å². The molecule has 0 bridgehead atoms. The molecule has 1 aliphatic heterocycles. The summed E-state index contributed by atoms with van der Waals surface area (Å²) in [5, 5.41) is 3.00. The van der Waals surface area contributed by atoms with Gasteiger partial charge in [0.05, 0.1) is 5.92 Å². The summed E-state index contributed by atoms with van der Waals surface area (Å²) >= 11 is 0. The van der Waals surface area contributed by atoms with Crippen LogP contribution in [0.1, 0.15) is 34.1 Å². The van der Waals surface area contributed by atoms with Crippen molar-refractivity contribution in [3.8, 4) is 0 Å². The minimum absolute atomic E-state index is 0.0132. The fraction of sp³-hybridized carbons (Fsp3) is 0.318. The van der Waals surface area contributed by atoms with Gasteiger partial charge in [-0.15, -0.1) is 0 Å². The van der Waals surface area contributed by atoms with Crippen LogP contribution in [0.2, 0.25) is 0 Å². The Balaban J connectivity index is 1.33. The SMILES string of the molecule is Cc1ccc(CNC(=O)N2CC(c3ncc(C)n3Cc3ccncc3)C2)cc1. The van der Waals surface area contributed by atoms with E-state index in [1.165, 1.54) is 11.1 Å². The van der Waals surface area contributed by atoms with Crippen LogP contribution in [0.5, 0.6) is 0 Å². The van der Waals surface area contributed by atoms with Crippen LogP contribution in [0.4, 0.5) is 4.79 Å². The van der Waals surface area contributed by atoms with Crippen LogP contribution in [0.15, 0.2) is 55.0 Å². The van der Waals surface area contributed by atoms with Crippen LogP contribution in [0.3, 0.4) is 0 Å². The van der Waals surface area contributed by atoms with E-state index in [1.54, 1.807) is 0 Å². The molecule has 144 valence electrons. The number of hydrogen-bond acceptors (Lipinski definition) is 3. The number of carbonyl (C=O) groups is 1. The number of nitrogens with zero attached hydrogens (tertiary/aromatic N) is 4. The third kappa shape index (κ3) is 3.91. The lowest BCUT2D eigenvalue weighted by Crippen LogP contribution is -2.53. The largest absolute Gasteiger partial charge is 0.334 e. The predicted molar refractivity (Wildman–Crippen MR) is 108 cm³/mol. The van der Waals surface area contributed by atoms with Gasteiger partial charge in [-0.2, -0.15) is 0 Å². The van der Waals surface area contributed by atoms with Gasteiger partial charge in [0.25, 0.3) is 0 Å². The van der Waals surface area contributed by atoms with Gasteiger partial charge in [0.1, 0.15) is 5.82 Å². The van der Waals surface area contributed by atoms with Gasteiger partial charge in [0.15, 0.2) is 0 Å². The van der Waals surface area contributed by atoms with Crippen LogP contribution in [-0.4, -0.2) is 38.6 Å². The van der Waals surface area contributed by atoms with Crippen molar-refractivity contribution < 1.29 is 4.79 Å². The van der Waals surface area contributed by atoms with Crippen LogP contribution in [0, 0.1) is 13.8 Å². The molecule has 4 rings (SSSR count). The smallest absolute Gasteiger partial charge is 0.317 e. The second kappa shape index (κ2) is 7.84. The topological polar surface area (TPSA) is 63.1 Å². The second-order valence-electron chi connectivity index (χ2n) is 7.45. The summed E-state index contributed by atoms with van der Waals surface area (Å²) in [6.07, 6.45) is 5.53. The summed E-state index contributed by atoms with van der Waals surface area (Å²) in [4.78, 5) is 22.9. The molecule has 1 saturated heterocycles. The molecule has 0 atom stereocenters. The molecule has 2 aromatic heterocycles. The Morgan fingerprint density at radius 2 is 1.79 bits per heavy atom. The van der Waals surface area contributed by atoms with Crippen molar-refractivity contribution in [3.05, 3.63) is 83.2 Å². The number of aryl methyl sites for hydroxylation is 2. The first-order valence-corrected chi connectivity index (χ1v) is 9.59. The first-order chi connectivity index (χ1) is 13.6. The Bertz CT molecular complexity index is 943.